The largest absolute Gasteiger partial charge is 0.379 e. The summed E-state index contributed by atoms with van der Waals surface area (Å²) in [5.41, 5.74) is 3.44. The van der Waals surface area contributed by atoms with Crippen LogP contribution in [0, 0.1) is 0 Å². The standard InChI is InChI=1S/C10H21N3O2/c1(2-12-3-7-14-8-4-12)11-13-5-9-15-10-6-13/h11H,1-10H2. The Labute approximate surface area is 91.3 Å². The fourth-order valence-electron chi connectivity index (χ4n) is 1.91. The van der Waals surface area contributed by atoms with E-state index in [2.05, 4.69) is 15.3 Å². The van der Waals surface area contributed by atoms with Crippen molar-refractivity contribution in [1.29, 1.82) is 0 Å². The third-order valence-corrected chi connectivity index (χ3v) is 2.88. The summed E-state index contributed by atoms with van der Waals surface area (Å²) >= 11 is 0. The minimum absolute atomic E-state index is 0.852. The Kier molecular flexibility index (Phi) is 4.82. The number of morpholine rings is 2. The number of hydrogen-bond acceptors (Lipinski definition) is 5. The van der Waals surface area contributed by atoms with Crippen LogP contribution < -0.4 is 5.43 Å². The van der Waals surface area contributed by atoms with Crippen LogP contribution in [0.25, 0.3) is 0 Å². The molecule has 0 bridgehead atoms. The summed E-state index contributed by atoms with van der Waals surface area (Å²) in [6.07, 6.45) is 0. The van der Waals surface area contributed by atoms with Gasteiger partial charge in [-0.2, -0.15) is 0 Å². The molecule has 2 heterocycles. The van der Waals surface area contributed by atoms with Crippen LogP contribution in [0.5, 0.6) is 0 Å². The van der Waals surface area contributed by atoms with E-state index in [1.165, 1.54) is 0 Å². The van der Waals surface area contributed by atoms with Gasteiger partial charge in [-0.25, -0.2) is 5.01 Å². The van der Waals surface area contributed by atoms with Gasteiger partial charge in [-0.15, -0.1) is 0 Å². The molecular formula is C10H21N3O2. The van der Waals surface area contributed by atoms with Crippen molar-refractivity contribution in [2.24, 2.45) is 0 Å². The summed E-state index contributed by atoms with van der Waals surface area (Å²) in [4.78, 5) is 2.44. The number of hydrazine groups is 1. The molecule has 0 spiro atoms. The fraction of sp³-hybridized carbons (Fsp3) is 1.00. The monoisotopic (exact) mass is 215 g/mol. The van der Waals surface area contributed by atoms with E-state index in [0.717, 1.165) is 65.7 Å². The molecule has 0 saturated carbocycles. The van der Waals surface area contributed by atoms with Crippen molar-refractivity contribution in [2.45, 2.75) is 0 Å². The van der Waals surface area contributed by atoms with Gasteiger partial charge in [0.25, 0.3) is 0 Å². The number of hydrogen-bond donors (Lipinski definition) is 1. The summed E-state index contributed by atoms with van der Waals surface area (Å²) in [7, 11) is 0. The van der Waals surface area contributed by atoms with Crippen LogP contribution in [0.3, 0.4) is 0 Å². The zero-order valence-corrected chi connectivity index (χ0v) is 9.28. The molecule has 0 unspecified atom stereocenters. The van der Waals surface area contributed by atoms with Crippen LogP contribution in [0.2, 0.25) is 0 Å². The maximum Gasteiger partial charge on any atom is 0.0608 e. The summed E-state index contributed by atoms with van der Waals surface area (Å²) in [6, 6.07) is 0. The number of nitrogens with one attached hydrogen (secondary N) is 1. The molecule has 0 aromatic heterocycles. The molecule has 2 rings (SSSR count). The summed E-state index contributed by atoms with van der Waals surface area (Å²) < 4.78 is 10.6. The number of rotatable bonds is 4. The second kappa shape index (κ2) is 6.40. The SMILES string of the molecule is C(CN1CCOCC1)NN1CCOCC1. The molecule has 1 N–H and O–H groups in total. The van der Waals surface area contributed by atoms with Crippen molar-refractivity contribution < 1.29 is 9.47 Å². The molecule has 0 atom stereocenters. The first-order valence-electron chi connectivity index (χ1n) is 5.81. The highest BCUT2D eigenvalue weighted by Gasteiger charge is 2.12. The molecule has 2 aliphatic rings. The Hall–Kier alpha value is -0.200. The fourth-order valence-corrected chi connectivity index (χ4v) is 1.91. The van der Waals surface area contributed by atoms with Crippen LogP contribution in [0.4, 0.5) is 0 Å². The van der Waals surface area contributed by atoms with Crippen LogP contribution in [0.1, 0.15) is 0 Å². The lowest BCUT2D eigenvalue weighted by atomic mass is 10.4. The second-order valence-corrected chi connectivity index (χ2v) is 3.96. The van der Waals surface area contributed by atoms with Gasteiger partial charge in [0, 0.05) is 39.3 Å². The zero-order valence-electron chi connectivity index (χ0n) is 9.28. The van der Waals surface area contributed by atoms with Crippen LogP contribution in [-0.4, -0.2) is 75.6 Å². The van der Waals surface area contributed by atoms with Gasteiger partial charge in [0.1, 0.15) is 0 Å². The normalized spacial score (nSPS) is 25.6. The first-order chi connectivity index (χ1) is 7.45. The third kappa shape index (κ3) is 4.04. The van der Waals surface area contributed by atoms with Gasteiger partial charge in [-0.3, -0.25) is 10.3 Å². The first kappa shape index (κ1) is 11.3. The average Bonchev–Trinajstić information content (AvgIpc) is 2.32. The Morgan fingerprint density at radius 2 is 1.47 bits per heavy atom. The predicted molar refractivity (Wildman–Crippen MR) is 57.7 cm³/mol. The van der Waals surface area contributed by atoms with Gasteiger partial charge in [0.2, 0.25) is 0 Å². The van der Waals surface area contributed by atoms with E-state index in [1.807, 2.05) is 0 Å². The molecule has 0 radical (unpaired) electrons. The molecule has 88 valence electrons. The Morgan fingerprint density at radius 3 is 2.13 bits per heavy atom. The van der Waals surface area contributed by atoms with E-state index in [4.69, 9.17) is 9.47 Å². The van der Waals surface area contributed by atoms with Crippen molar-refractivity contribution in [3.8, 4) is 0 Å². The minimum atomic E-state index is 0.852. The van der Waals surface area contributed by atoms with Crippen molar-refractivity contribution in [2.75, 3.05) is 65.7 Å². The molecule has 5 nitrogen and oxygen atoms in total. The van der Waals surface area contributed by atoms with E-state index < -0.39 is 0 Å². The molecule has 5 heteroatoms. The van der Waals surface area contributed by atoms with E-state index in [9.17, 15) is 0 Å². The molecule has 15 heavy (non-hydrogen) atoms. The van der Waals surface area contributed by atoms with Gasteiger partial charge < -0.3 is 9.47 Å². The predicted octanol–water partition coefficient (Wildman–Crippen LogP) is -0.845. The quantitative estimate of drug-likeness (QED) is 0.661. The summed E-state index contributed by atoms with van der Waals surface area (Å²) in [6.45, 7) is 9.77. The Bertz CT molecular complexity index is 150. The smallest absolute Gasteiger partial charge is 0.0608 e. The van der Waals surface area contributed by atoms with Gasteiger partial charge in [-0.05, 0) is 0 Å². The summed E-state index contributed by atoms with van der Waals surface area (Å²) in [5, 5.41) is 2.25. The van der Waals surface area contributed by atoms with E-state index in [-0.39, 0.29) is 0 Å². The first-order valence-corrected chi connectivity index (χ1v) is 5.81. The molecule has 2 fully saturated rings. The zero-order chi connectivity index (χ0) is 10.3. The van der Waals surface area contributed by atoms with Gasteiger partial charge in [0.15, 0.2) is 0 Å². The minimum Gasteiger partial charge on any atom is -0.379 e. The molecule has 0 aliphatic carbocycles. The van der Waals surface area contributed by atoms with Gasteiger partial charge in [-0.1, -0.05) is 0 Å². The lowest BCUT2D eigenvalue weighted by molar-refractivity contribution is 0.00492. The molecule has 0 aromatic rings. The van der Waals surface area contributed by atoms with Crippen molar-refractivity contribution in [3.05, 3.63) is 0 Å². The maximum absolute atomic E-state index is 5.31. The van der Waals surface area contributed by atoms with Crippen LogP contribution in [-0.2, 0) is 9.47 Å². The summed E-state index contributed by atoms with van der Waals surface area (Å²) in [5.74, 6) is 0. The van der Waals surface area contributed by atoms with E-state index in [0.29, 0.717) is 0 Å². The number of nitrogens with zero attached hydrogens (tertiary/aromatic N) is 2. The van der Waals surface area contributed by atoms with E-state index in [1.54, 1.807) is 0 Å². The lowest BCUT2D eigenvalue weighted by Gasteiger charge is -2.30. The van der Waals surface area contributed by atoms with Gasteiger partial charge in [0.05, 0.1) is 26.4 Å². The van der Waals surface area contributed by atoms with E-state index >= 15 is 0 Å². The number of ether oxygens (including phenoxy) is 2. The Balaban J connectivity index is 1.53. The maximum atomic E-state index is 5.31. The molecule has 0 aromatic carbocycles. The molecule has 0 amide bonds. The Morgan fingerprint density at radius 1 is 0.867 bits per heavy atom. The molecular weight excluding hydrogens is 194 g/mol. The molecule has 2 saturated heterocycles. The highest BCUT2D eigenvalue weighted by atomic mass is 16.5. The molecule has 2 aliphatic heterocycles. The van der Waals surface area contributed by atoms with Crippen molar-refractivity contribution >= 4 is 0 Å². The highest BCUT2D eigenvalue weighted by molar-refractivity contribution is 4.64. The third-order valence-electron chi connectivity index (χ3n) is 2.88. The highest BCUT2D eigenvalue weighted by Crippen LogP contribution is 1.96. The lowest BCUT2D eigenvalue weighted by Crippen LogP contribution is -2.49. The van der Waals surface area contributed by atoms with Gasteiger partial charge >= 0.3 is 0 Å². The van der Waals surface area contributed by atoms with Crippen molar-refractivity contribution in [3.63, 3.8) is 0 Å². The second-order valence-electron chi connectivity index (χ2n) is 3.96. The van der Waals surface area contributed by atoms with Crippen LogP contribution in [0.15, 0.2) is 0 Å². The average molecular weight is 215 g/mol. The van der Waals surface area contributed by atoms with Crippen molar-refractivity contribution in [1.82, 2.24) is 15.3 Å². The van der Waals surface area contributed by atoms with Crippen LogP contribution >= 0.6 is 0 Å². The topological polar surface area (TPSA) is 37.0 Å².